The minimum absolute atomic E-state index is 0.0933. The minimum Gasteiger partial charge on any atom is -0.349 e. The van der Waals surface area contributed by atoms with Crippen molar-refractivity contribution >= 4 is 22.2 Å². The molecule has 2 aromatic heterocycles. The molecule has 0 spiro atoms. The van der Waals surface area contributed by atoms with E-state index < -0.39 is 0 Å². The fraction of sp³-hybridized carbons (Fsp3) is 0.462. The molecule has 0 aromatic carbocycles. The second kappa shape index (κ2) is 5.34. The number of fused-ring (bicyclic) bond motifs is 1. The Labute approximate surface area is 119 Å². The molecule has 0 saturated heterocycles. The van der Waals surface area contributed by atoms with Crippen LogP contribution >= 0.6 is 11.3 Å². The van der Waals surface area contributed by atoms with Gasteiger partial charge < -0.3 is 11.1 Å². The first-order chi connectivity index (χ1) is 9.65. The molecule has 20 heavy (non-hydrogen) atoms. The molecule has 6 nitrogen and oxygen atoms in total. The maximum atomic E-state index is 12.2. The highest BCUT2D eigenvalue weighted by Gasteiger charge is 2.22. The standard InChI is InChI=1S/C13H16N4O2S/c14-8-1-3-9(4-2-8)16-11(18)10-7-15-13-17(12(10)19)5-6-20-13/h5-9H,1-4,14H2,(H,16,18). The molecule has 0 unspecified atom stereocenters. The number of hydrogen-bond acceptors (Lipinski definition) is 5. The Balaban J connectivity index is 1.78. The summed E-state index contributed by atoms with van der Waals surface area (Å²) in [5, 5.41) is 4.68. The van der Waals surface area contributed by atoms with E-state index in [9.17, 15) is 9.59 Å². The summed E-state index contributed by atoms with van der Waals surface area (Å²) in [5.74, 6) is -0.344. The van der Waals surface area contributed by atoms with E-state index in [-0.39, 0.29) is 29.1 Å². The van der Waals surface area contributed by atoms with Crippen molar-refractivity contribution in [3.63, 3.8) is 0 Å². The highest BCUT2D eigenvalue weighted by molar-refractivity contribution is 7.15. The number of carbonyl (C=O) groups excluding carboxylic acids is 1. The van der Waals surface area contributed by atoms with Crippen molar-refractivity contribution in [1.29, 1.82) is 0 Å². The lowest BCUT2D eigenvalue weighted by Crippen LogP contribution is -2.42. The molecule has 0 bridgehead atoms. The predicted octanol–water partition coefficient (Wildman–Crippen LogP) is 0.756. The summed E-state index contributed by atoms with van der Waals surface area (Å²) in [6, 6.07) is 0.336. The van der Waals surface area contributed by atoms with Crippen molar-refractivity contribution < 1.29 is 4.79 Å². The van der Waals surface area contributed by atoms with E-state index in [0.29, 0.717) is 4.96 Å². The number of nitrogens with one attached hydrogen (secondary N) is 1. The van der Waals surface area contributed by atoms with Gasteiger partial charge in [-0.15, -0.1) is 11.3 Å². The monoisotopic (exact) mass is 292 g/mol. The van der Waals surface area contributed by atoms with Crippen LogP contribution in [0.2, 0.25) is 0 Å². The lowest BCUT2D eigenvalue weighted by molar-refractivity contribution is 0.0924. The zero-order valence-corrected chi connectivity index (χ0v) is 11.7. The number of nitrogens with two attached hydrogens (primary N) is 1. The first-order valence-corrected chi connectivity index (χ1v) is 7.54. The van der Waals surface area contributed by atoms with Crippen LogP contribution in [-0.2, 0) is 0 Å². The van der Waals surface area contributed by atoms with Crippen LogP contribution in [-0.4, -0.2) is 27.4 Å². The molecular weight excluding hydrogens is 276 g/mol. The zero-order valence-electron chi connectivity index (χ0n) is 10.9. The third kappa shape index (κ3) is 2.46. The van der Waals surface area contributed by atoms with Gasteiger partial charge in [-0.3, -0.25) is 14.0 Å². The smallest absolute Gasteiger partial charge is 0.271 e. The molecule has 1 aliphatic rings. The Morgan fingerprint density at radius 2 is 2.15 bits per heavy atom. The first kappa shape index (κ1) is 13.3. The minimum atomic E-state index is -0.344. The van der Waals surface area contributed by atoms with Crippen LogP contribution in [0.1, 0.15) is 36.0 Å². The lowest BCUT2D eigenvalue weighted by atomic mass is 9.92. The van der Waals surface area contributed by atoms with E-state index in [1.165, 1.54) is 21.9 Å². The highest BCUT2D eigenvalue weighted by Crippen LogP contribution is 2.17. The molecule has 3 N–H and O–H groups in total. The number of carbonyl (C=O) groups is 1. The Morgan fingerprint density at radius 3 is 2.90 bits per heavy atom. The average Bonchev–Trinajstić information content (AvgIpc) is 2.91. The van der Waals surface area contributed by atoms with Gasteiger partial charge in [0.15, 0.2) is 4.96 Å². The van der Waals surface area contributed by atoms with Gasteiger partial charge in [-0.1, -0.05) is 0 Å². The van der Waals surface area contributed by atoms with Gasteiger partial charge in [0.25, 0.3) is 11.5 Å². The number of hydrogen-bond donors (Lipinski definition) is 2. The van der Waals surface area contributed by atoms with E-state index in [1.807, 2.05) is 0 Å². The summed E-state index contributed by atoms with van der Waals surface area (Å²) in [7, 11) is 0. The van der Waals surface area contributed by atoms with Crippen molar-refractivity contribution in [2.24, 2.45) is 5.73 Å². The van der Waals surface area contributed by atoms with Crippen LogP contribution in [0.3, 0.4) is 0 Å². The number of amides is 1. The maximum Gasteiger partial charge on any atom is 0.271 e. The molecule has 2 heterocycles. The topological polar surface area (TPSA) is 89.5 Å². The van der Waals surface area contributed by atoms with E-state index in [4.69, 9.17) is 5.73 Å². The van der Waals surface area contributed by atoms with Crippen molar-refractivity contribution in [1.82, 2.24) is 14.7 Å². The largest absolute Gasteiger partial charge is 0.349 e. The van der Waals surface area contributed by atoms with Crippen LogP contribution in [0.15, 0.2) is 22.6 Å². The second-order valence-electron chi connectivity index (χ2n) is 5.12. The molecule has 7 heteroatoms. The molecule has 1 fully saturated rings. The predicted molar refractivity (Wildman–Crippen MR) is 77.0 cm³/mol. The molecule has 0 radical (unpaired) electrons. The van der Waals surface area contributed by atoms with Crippen molar-refractivity contribution in [3.05, 3.63) is 33.7 Å². The Hall–Kier alpha value is -1.73. The number of nitrogens with zero attached hydrogens (tertiary/aromatic N) is 2. The summed E-state index contributed by atoms with van der Waals surface area (Å²) in [6.45, 7) is 0. The molecule has 2 aromatic rings. The first-order valence-electron chi connectivity index (χ1n) is 6.66. The van der Waals surface area contributed by atoms with Gasteiger partial charge >= 0.3 is 0 Å². The van der Waals surface area contributed by atoms with Crippen molar-refractivity contribution in [3.8, 4) is 0 Å². The van der Waals surface area contributed by atoms with Gasteiger partial charge in [-0.25, -0.2) is 4.98 Å². The quantitative estimate of drug-likeness (QED) is 0.855. The number of thiazole rings is 1. The van der Waals surface area contributed by atoms with E-state index >= 15 is 0 Å². The van der Waals surface area contributed by atoms with Crippen LogP contribution in [0.4, 0.5) is 0 Å². The summed E-state index contributed by atoms with van der Waals surface area (Å²) in [5.41, 5.74) is 5.61. The highest BCUT2D eigenvalue weighted by atomic mass is 32.1. The van der Waals surface area contributed by atoms with Crippen LogP contribution in [0, 0.1) is 0 Å². The van der Waals surface area contributed by atoms with Crippen LogP contribution in [0.25, 0.3) is 4.96 Å². The molecule has 0 atom stereocenters. The average molecular weight is 292 g/mol. The molecule has 1 saturated carbocycles. The fourth-order valence-electron chi connectivity index (χ4n) is 2.51. The van der Waals surface area contributed by atoms with Crippen LogP contribution in [0.5, 0.6) is 0 Å². The van der Waals surface area contributed by atoms with E-state index in [1.54, 1.807) is 11.6 Å². The Morgan fingerprint density at radius 1 is 1.40 bits per heavy atom. The molecule has 1 aliphatic carbocycles. The van der Waals surface area contributed by atoms with Gasteiger partial charge in [0.05, 0.1) is 0 Å². The second-order valence-corrected chi connectivity index (χ2v) is 5.99. The van der Waals surface area contributed by atoms with Gasteiger partial charge in [-0.2, -0.15) is 0 Å². The van der Waals surface area contributed by atoms with Crippen LogP contribution < -0.4 is 16.6 Å². The Kier molecular flexibility index (Phi) is 3.54. The molecule has 106 valence electrons. The number of rotatable bonds is 2. The van der Waals surface area contributed by atoms with E-state index in [0.717, 1.165) is 25.7 Å². The molecular formula is C13H16N4O2S. The summed E-state index contributed by atoms with van der Waals surface area (Å²) in [4.78, 5) is 29.1. The van der Waals surface area contributed by atoms with E-state index in [2.05, 4.69) is 10.3 Å². The Bertz CT molecular complexity index is 685. The third-order valence-corrected chi connectivity index (χ3v) is 4.47. The molecule has 3 rings (SSSR count). The van der Waals surface area contributed by atoms with Gasteiger partial charge in [0.2, 0.25) is 0 Å². The molecule has 1 amide bonds. The fourth-order valence-corrected chi connectivity index (χ4v) is 3.18. The van der Waals surface area contributed by atoms with Gasteiger partial charge in [0.1, 0.15) is 5.56 Å². The van der Waals surface area contributed by atoms with Crippen molar-refractivity contribution in [2.75, 3.05) is 0 Å². The summed E-state index contributed by atoms with van der Waals surface area (Å²) in [6.07, 6.45) is 6.53. The lowest BCUT2D eigenvalue weighted by Gasteiger charge is -2.26. The SMILES string of the molecule is NC1CCC(NC(=O)c2cnc3sccn3c2=O)CC1. The zero-order chi connectivity index (χ0) is 14.1. The normalized spacial score (nSPS) is 22.9. The third-order valence-electron chi connectivity index (χ3n) is 3.69. The maximum absolute atomic E-state index is 12.2. The number of aromatic nitrogens is 2. The van der Waals surface area contributed by atoms with Gasteiger partial charge in [-0.05, 0) is 25.7 Å². The van der Waals surface area contributed by atoms with Gasteiger partial charge in [0, 0.05) is 29.9 Å². The summed E-state index contributed by atoms with van der Waals surface area (Å²) >= 11 is 1.36. The van der Waals surface area contributed by atoms with Crippen molar-refractivity contribution in [2.45, 2.75) is 37.8 Å². The molecule has 0 aliphatic heterocycles. The summed E-state index contributed by atoms with van der Waals surface area (Å²) < 4.78 is 1.40.